The van der Waals surface area contributed by atoms with Gasteiger partial charge < -0.3 is 14.0 Å². The van der Waals surface area contributed by atoms with Crippen LogP contribution >= 0.6 is 0 Å². The number of carbonyl (C=O) groups is 1. The molecule has 1 heterocycles. The number of esters is 1. The SMILES string of the molecule is CC(=O)OCc1ccc(C)c(C2CC2)c1B1OCC(C)(C)CO1. The molecule has 0 amide bonds. The lowest BCUT2D eigenvalue weighted by molar-refractivity contribution is -0.142. The molecule has 1 saturated heterocycles. The van der Waals surface area contributed by atoms with E-state index in [4.69, 9.17) is 14.0 Å². The van der Waals surface area contributed by atoms with E-state index in [1.54, 1.807) is 0 Å². The number of carbonyl (C=O) groups excluding carboxylic acids is 1. The van der Waals surface area contributed by atoms with Gasteiger partial charge in [0.2, 0.25) is 0 Å². The molecule has 1 saturated carbocycles. The number of hydrogen-bond donors (Lipinski definition) is 0. The van der Waals surface area contributed by atoms with Gasteiger partial charge in [-0.25, -0.2) is 0 Å². The summed E-state index contributed by atoms with van der Waals surface area (Å²) in [5, 5.41) is 0. The molecule has 1 aliphatic heterocycles. The highest BCUT2D eigenvalue weighted by atomic mass is 16.6. The lowest BCUT2D eigenvalue weighted by Gasteiger charge is -2.34. The van der Waals surface area contributed by atoms with Gasteiger partial charge in [-0.3, -0.25) is 4.79 Å². The van der Waals surface area contributed by atoms with Crippen molar-refractivity contribution >= 4 is 18.6 Å². The van der Waals surface area contributed by atoms with E-state index in [9.17, 15) is 4.79 Å². The van der Waals surface area contributed by atoms with Crippen LogP contribution in [0.25, 0.3) is 0 Å². The molecule has 1 aromatic rings. The molecule has 0 atom stereocenters. The van der Waals surface area contributed by atoms with Gasteiger partial charge in [-0.2, -0.15) is 0 Å². The number of aryl methyl sites for hydroxylation is 1. The molecule has 0 aromatic heterocycles. The largest absolute Gasteiger partial charge is 0.494 e. The van der Waals surface area contributed by atoms with E-state index in [0.29, 0.717) is 19.1 Å². The molecule has 0 bridgehead atoms. The monoisotopic (exact) mass is 316 g/mol. The van der Waals surface area contributed by atoms with Crippen molar-refractivity contribution in [3.63, 3.8) is 0 Å². The standard InChI is InChI=1S/C18H25BO4/c1-12-5-6-15(9-21-13(2)20)17(16(12)14-7-8-14)19-22-10-18(3,4)11-23-19/h5-6,14H,7-11H2,1-4H3. The predicted molar refractivity (Wildman–Crippen MR) is 89.7 cm³/mol. The Hall–Kier alpha value is -1.33. The molecule has 2 aliphatic rings. The van der Waals surface area contributed by atoms with Crippen LogP contribution in [0.15, 0.2) is 12.1 Å². The molecule has 0 unspecified atom stereocenters. The first kappa shape index (κ1) is 16.5. The highest BCUT2D eigenvalue weighted by Gasteiger charge is 2.39. The van der Waals surface area contributed by atoms with E-state index < -0.39 is 0 Å². The summed E-state index contributed by atoms with van der Waals surface area (Å²) in [7, 11) is -0.357. The minimum Gasteiger partial charge on any atom is -0.461 e. The zero-order chi connectivity index (χ0) is 16.6. The summed E-state index contributed by atoms with van der Waals surface area (Å²) in [5.41, 5.74) is 4.72. The normalized spacial score (nSPS) is 20.4. The Labute approximate surface area is 138 Å². The first-order valence-corrected chi connectivity index (χ1v) is 8.36. The maximum atomic E-state index is 11.2. The number of hydrogen-bond acceptors (Lipinski definition) is 4. The molecule has 5 heteroatoms. The second-order valence-electron chi connectivity index (χ2n) is 7.54. The van der Waals surface area contributed by atoms with E-state index in [0.717, 1.165) is 11.0 Å². The Bertz CT molecular complexity index is 597. The van der Waals surface area contributed by atoms with Gasteiger partial charge in [0.05, 0.1) is 0 Å². The zero-order valence-electron chi connectivity index (χ0n) is 14.5. The average molecular weight is 316 g/mol. The van der Waals surface area contributed by atoms with Crippen LogP contribution in [0.1, 0.15) is 56.2 Å². The van der Waals surface area contributed by atoms with Crippen LogP contribution in [0, 0.1) is 12.3 Å². The molecule has 23 heavy (non-hydrogen) atoms. The van der Waals surface area contributed by atoms with Gasteiger partial charge in [0.1, 0.15) is 6.61 Å². The quantitative estimate of drug-likeness (QED) is 0.633. The summed E-state index contributed by atoms with van der Waals surface area (Å²) in [4.78, 5) is 11.2. The molecule has 0 spiro atoms. The van der Waals surface area contributed by atoms with Gasteiger partial charge in [0.15, 0.2) is 0 Å². The number of benzene rings is 1. The fourth-order valence-electron chi connectivity index (χ4n) is 3.15. The molecule has 1 aromatic carbocycles. The molecule has 0 N–H and O–H groups in total. The van der Waals surface area contributed by atoms with Gasteiger partial charge in [-0.1, -0.05) is 26.0 Å². The fourth-order valence-corrected chi connectivity index (χ4v) is 3.15. The van der Waals surface area contributed by atoms with Crippen LogP contribution in [0.3, 0.4) is 0 Å². The maximum absolute atomic E-state index is 11.2. The number of rotatable bonds is 4. The molecular formula is C18H25BO4. The molecule has 2 fully saturated rings. The fraction of sp³-hybridized carbons (Fsp3) is 0.611. The Morgan fingerprint density at radius 3 is 2.52 bits per heavy atom. The summed E-state index contributed by atoms with van der Waals surface area (Å²) in [6, 6.07) is 4.15. The summed E-state index contributed by atoms with van der Waals surface area (Å²) < 4.78 is 17.3. The first-order chi connectivity index (χ1) is 10.9. The predicted octanol–water partition coefficient (Wildman–Crippen LogP) is 2.70. The van der Waals surface area contributed by atoms with E-state index in [1.165, 1.54) is 30.9 Å². The van der Waals surface area contributed by atoms with Crippen molar-refractivity contribution in [3.8, 4) is 0 Å². The van der Waals surface area contributed by atoms with Crippen LogP contribution in [-0.2, 0) is 25.4 Å². The Morgan fingerprint density at radius 1 is 1.30 bits per heavy atom. The van der Waals surface area contributed by atoms with E-state index in [2.05, 4.69) is 26.8 Å². The molecule has 124 valence electrons. The number of ether oxygens (including phenoxy) is 1. The van der Waals surface area contributed by atoms with E-state index in [1.807, 2.05) is 6.07 Å². The van der Waals surface area contributed by atoms with Crippen molar-refractivity contribution in [2.45, 2.75) is 53.1 Å². The van der Waals surface area contributed by atoms with Crippen molar-refractivity contribution in [1.82, 2.24) is 0 Å². The molecular weight excluding hydrogens is 291 g/mol. The second kappa shape index (κ2) is 6.29. The zero-order valence-corrected chi connectivity index (χ0v) is 14.5. The molecule has 1 aliphatic carbocycles. The lowest BCUT2D eigenvalue weighted by Crippen LogP contribution is -2.50. The van der Waals surface area contributed by atoms with Gasteiger partial charge in [0, 0.05) is 25.6 Å². The maximum Gasteiger partial charge on any atom is 0.494 e. The minimum absolute atomic E-state index is 0.0378. The molecule has 4 nitrogen and oxygen atoms in total. The average Bonchev–Trinajstić information content (AvgIpc) is 3.30. The van der Waals surface area contributed by atoms with Crippen molar-refractivity contribution < 1.29 is 18.8 Å². The smallest absolute Gasteiger partial charge is 0.461 e. The topological polar surface area (TPSA) is 44.8 Å². The Morgan fingerprint density at radius 2 is 1.96 bits per heavy atom. The minimum atomic E-state index is -0.357. The third kappa shape index (κ3) is 3.78. The van der Waals surface area contributed by atoms with Crippen LogP contribution < -0.4 is 5.46 Å². The second-order valence-corrected chi connectivity index (χ2v) is 7.54. The van der Waals surface area contributed by atoms with Crippen LogP contribution in [-0.4, -0.2) is 26.3 Å². The van der Waals surface area contributed by atoms with Crippen molar-refractivity contribution in [3.05, 3.63) is 28.8 Å². The Kier molecular flexibility index (Phi) is 4.52. The van der Waals surface area contributed by atoms with Crippen LogP contribution in [0.5, 0.6) is 0 Å². The summed E-state index contributed by atoms with van der Waals surface area (Å²) >= 11 is 0. The summed E-state index contributed by atoms with van der Waals surface area (Å²) in [6.45, 7) is 9.47. The Balaban J connectivity index is 1.94. The highest BCUT2D eigenvalue weighted by molar-refractivity contribution is 6.62. The van der Waals surface area contributed by atoms with Crippen LogP contribution in [0.4, 0.5) is 0 Å². The lowest BCUT2D eigenvalue weighted by atomic mass is 9.69. The van der Waals surface area contributed by atoms with Crippen molar-refractivity contribution in [2.75, 3.05) is 13.2 Å². The van der Waals surface area contributed by atoms with Gasteiger partial charge >= 0.3 is 13.1 Å². The van der Waals surface area contributed by atoms with Crippen molar-refractivity contribution in [2.24, 2.45) is 5.41 Å². The van der Waals surface area contributed by atoms with Gasteiger partial charge in [-0.05, 0) is 47.8 Å². The third-order valence-electron chi connectivity index (χ3n) is 4.50. The summed E-state index contributed by atoms with van der Waals surface area (Å²) in [6.07, 6.45) is 2.42. The summed E-state index contributed by atoms with van der Waals surface area (Å²) in [5.74, 6) is 0.320. The van der Waals surface area contributed by atoms with Crippen molar-refractivity contribution in [1.29, 1.82) is 0 Å². The van der Waals surface area contributed by atoms with E-state index in [-0.39, 0.29) is 25.1 Å². The van der Waals surface area contributed by atoms with Crippen LogP contribution in [0.2, 0.25) is 0 Å². The third-order valence-corrected chi connectivity index (χ3v) is 4.50. The molecule has 3 rings (SSSR count). The van der Waals surface area contributed by atoms with Gasteiger partial charge in [0.25, 0.3) is 0 Å². The first-order valence-electron chi connectivity index (χ1n) is 8.36. The van der Waals surface area contributed by atoms with Gasteiger partial charge in [-0.15, -0.1) is 0 Å². The molecule has 0 radical (unpaired) electrons. The van der Waals surface area contributed by atoms with E-state index >= 15 is 0 Å². The highest BCUT2D eigenvalue weighted by Crippen LogP contribution is 2.41.